The molecule has 3 rings (SSSR count). The Labute approximate surface area is 176 Å². The predicted octanol–water partition coefficient (Wildman–Crippen LogP) is 3.51. The molecule has 0 radical (unpaired) electrons. The third kappa shape index (κ3) is 4.62. The fourth-order valence-electron chi connectivity index (χ4n) is 3.55. The van der Waals surface area contributed by atoms with E-state index in [1.54, 1.807) is 19.2 Å². The summed E-state index contributed by atoms with van der Waals surface area (Å²) in [6, 6.07) is 10.5. The Morgan fingerprint density at radius 3 is 2.27 bits per heavy atom. The maximum Gasteiger partial charge on any atom is 0.293 e. The molecule has 1 aliphatic rings. The molecule has 1 aliphatic heterocycles. The molecule has 0 bridgehead atoms. The van der Waals surface area contributed by atoms with E-state index in [0.717, 1.165) is 32.2 Å². The number of rotatable bonds is 5. The number of nitrogens with zero attached hydrogens (tertiary/aromatic N) is 3. The highest BCUT2D eigenvalue weighted by Gasteiger charge is 2.25. The summed E-state index contributed by atoms with van der Waals surface area (Å²) in [6.07, 6.45) is 3.06. The monoisotopic (exact) mass is 431 g/mol. The van der Waals surface area contributed by atoms with Crippen LogP contribution in [0.5, 0.6) is 0 Å². The SMILES string of the molecule is CC1CCN(c2ccc(C(=O)N(C)c3ccc(S(C)(=O)=O)cc3)cc2[N+](=O)[O-])CC1. The molecule has 8 nitrogen and oxygen atoms in total. The van der Waals surface area contributed by atoms with E-state index < -0.39 is 20.7 Å². The molecular weight excluding hydrogens is 406 g/mol. The van der Waals surface area contributed by atoms with E-state index in [-0.39, 0.29) is 16.1 Å². The van der Waals surface area contributed by atoms with Crippen molar-refractivity contribution in [2.45, 2.75) is 24.7 Å². The van der Waals surface area contributed by atoms with Crippen molar-refractivity contribution in [1.29, 1.82) is 0 Å². The minimum Gasteiger partial charge on any atom is -0.366 e. The molecule has 0 aromatic heterocycles. The van der Waals surface area contributed by atoms with Gasteiger partial charge in [-0.25, -0.2) is 8.42 Å². The van der Waals surface area contributed by atoms with E-state index in [2.05, 4.69) is 6.92 Å². The van der Waals surface area contributed by atoms with Crippen LogP contribution in [0.15, 0.2) is 47.4 Å². The largest absolute Gasteiger partial charge is 0.366 e. The van der Waals surface area contributed by atoms with Crippen LogP contribution in [0.2, 0.25) is 0 Å². The van der Waals surface area contributed by atoms with E-state index in [4.69, 9.17) is 0 Å². The first-order chi connectivity index (χ1) is 14.1. The molecule has 0 saturated carbocycles. The van der Waals surface area contributed by atoms with Crippen LogP contribution in [0.4, 0.5) is 17.1 Å². The summed E-state index contributed by atoms with van der Waals surface area (Å²) in [5, 5.41) is 11.7. The standard InChI is InChI=1S/C21H25N3O5S/c1-15-10-12-23(13-11-15)19-9-4-16(14-20(19)24(26)27)21(25)22(2)17-5-7-18(8-6-17)30(3,28)29/h4-9,14-15H,10-13H2,1-3H3. The van der Waals surface area contributed by atoms with Gasteiger partial charge in [-0.1, -0.05) is 6.92 Å². The van der Waals surface area contributed by atoms with Gasteiger partial charge in [0.25, 0.3) is 11.6 Å². The first-order valence-electron chi connectivity index (χ1n) is 9.69. The highest BCUT2D eigenvalue weighted by atomic mass is 32.2. The Balaban J connectivity index is 1.86. The minimum atomic E-state index is -3.33. The number of piperidine rings is 1. The summed E-state index contributed by atoms with van der Waals surface area (Å²) >= 11 is 0. The zero-order valence-corrected chi connectivity index (χ0v) is 18.1. The van der Waals surface area contributed by atoms with Crippen LogP contribution in [0.25, 0.3) is 0 Å². The predicted molar refractivity (Wildman–Crippen MR) is 116 cm³/mol. The van der Waals surface area contributed by atoms with Gasteiger partial charge in [0.2, 0.25) is 0 Å². The number of carbonyl (C=O) groups is 1. The Kier molecular flexibility index (Phi) is 6.12. The number of sulfone groups is 1. The van der Waals surface area contributed by atoms with Gasteiger partial charge in [-0.3, -0.25) is 14.9 Å². The van der Waals surface area contributed by atoms with Crippen molar-refractivity contribution >= 4 is 32.8 Å². The summed E-state index contributed by atoms with van der Waals surface area (Å²) in [5.41, 5.74) is 1.13. The molecule has 0 unspecified atom stereocenters. The number of amides is 1. The topological polar surface area (TPSA) is 101 Å². The van der Waals surface area contributed by atoms with Crippen LogP contribution < -0.4 is 9.80 Å². The van der Waals surface area contributed by atoms with Crippen LogP contribution >= 0.6 is 0 Å². The van der Waals surface area contributed by atoms with Crippen LogP contribution in [0.3, 0.4) is 0 Å². The molecule has 30 heavy (non-hydrogen) atoms. The van der Waals surface area contributed by atoms with Gasteiger partial charge in [0.1, 0.15) is 5.69 Å². The summed E-state index contributed by atoms with van der Waals surface area (Å²) in [5.74, 6) is 0.188. The van der Waals surface area contributed by atoms with Gasteiger partial charge in [-0.2, -0.15) is 0 Å². The van der Waals surface area contributed by atoms with Crippen molar-refractivity contribution in [2.75, 3.05) is 36.2 Å². The number of nitro groups is 1. The highest BCUT2D eigenvalue weighted by molar-refractivity contribution is 7.90. The number of nitro benzene ring substituents is 1. The number of anilines is 2. The van der Waals surface area contributed by atoms with Gasteiger partial charge in [0.15, 0.2) is 9.84 Å². The zero-order valence-electron chi connectivity index (χ0n) is 17.2. The molecule has 0 spiro atoms. The second-order valence-electron chi connectivity index (χ2n) is 7.76. The summed E-state index contributed by atoms with van der Waals surface area (Å²) in [4.78, 5) is 27.6. The molecule has 160 valence electrons. The van der Waals surface area contributed by atoms with Crippen LogP contribution in [0, 0.1) is 16.0 Å². The Bertz CT molecular complexity index is 1060. The van der Waals surface area contributed by atoms with E-state index in [1.165, 1.54) is 35.2 Å². The third-order valence-corrected chi connectivity index (χ3v) is 6.63. The number of carbonyl (C=O) groups excluding carboxylic acids is 1. The normalized spacial score (nSPS) is 15.1. The Hall–Kier alpha value is -2.94. The lowest BCUT2D eigenvalue weighted by molar-refractivity contribution is -0.384. The van der Waals surface area contributed by atoms with Crippen molar-refractivity contribution < 1.29 is 18.1 Å². The fraction of sp³-hybridized carbons (Fsp3) is 0.381. The summed E-state index contributed by atoms with van der Waals surface area (Å²) in [6.45, 7) is 3.68. The molecule has 0 N–H and O–H groups in total. The van der Waals surface area contributed by atoms with E-state index in [0.29, 0.717) is 17.3 Å². The average Bonchev–Trinajstić information content (AvgIpc) is 2.72. The molecule has 0 aliphatic carbocycles. The third-order valence-electron chi connectivity index (χ3n) is 5.50. The van der Waals surface area contributed by atoms with Crippen molar-refractivity contribution in [2.24, 2.45) is 5.92 Å². The van der Waals surface area contributed by atoms with Gasteiger partial charge in [0.05, 0.1) is 9.82 Å². The minimum absolute atomic E-state index is 0.0868. The summed E-state index contributed by atoms with van der Waals surface area (Å²) < 4.78 is 23.2. The zero-order chi connectivity index (χ0) is 22.1. The first kappa shape index (κ1) is 21.8. The van der Waals surface area contributed by atoms with Crippen molar-refractivity contribution in [3.63, 3.8) is 0 Å². The molecule has 1 saturated heterocycles. The van der Waals surface area contributed by atoms with Gasteiger partial charge >= 0.3 is 0 Å². The number of hydrogen-bond acceptors (Lipinski definition) is 6. The van der Waals surface area contributed by atoms with E-state index >= 15 is 0 Å². The molecule has 9 heteroatoms. The molecular formula is C21H25N3O5S. The van der Waals surface area contributed by atoms with Crippen LogP contribution in [0.1, 0.15) is 30.1 Å². The second-order valence-corrected chi connectivity index (χ2v) is 9.78. The van der Waals surface area contributed by atoms with Gasteiger partial charge in [0, 0.05) is 43.7 Å². The Morgan fingerprint density at radius 1 is 1.13 bits per heavy atom. The summed E-state index contributed by atoms with van der Waals surface area (Å²) in [7, 11) is -1.79. The van der Waals surface area contributed by atoms with Gasteiger partial charge in [-0.05, 0) is 55.2 Å². The second kappa shape index (κ2) is 8.43. The lowest BCUT2D eigenvalue weighted by Crippen LogP contribution is -2.33. The van der Waals surface area contributed by atoms with Gasteiger partial charge in [-0.15, -0.1) is 0 Å². The lowest BCUT2D eigenvalue weighted by atomic mass is 9.98. The van der Waals surface area contributed by atoms with Crippen LogP contribution in [-0.4, -0.2) is 45.6 Å². The highest BCUT2D eigenvalue weighted by Crippen LogP contribution is 2.33. The molecule has 2 aromatic carbocycles. The molecule has 2 aromatic rings. The van der Waals surface area contributed by atoms with Crippen molar-refractivity contribution in [3.8, 4) is 0 Å². The molecule has 1 amide bonds. The van der Waals surface area contributed by atoms with Crippen LogP contribution in [-0.2, 0) is 9.84 Å². The number of hydrogen-bond donors (Lipinski definition) is 0. The smallest absolute Gasteiger partial charge is 0.293 e. The maximum atomic E-state index is 12.9. The lowest BCUT2D eigenvalue weighted by Gasteiger charge is -2.31. The molecule has 1 fully saturated rings. The number of benzene rings is 2. The maximum absolute atomic E-state index is 12.9. The van der Waals surface area contributed by atoms with E-state index in [9.17, 15) is 23.3 Å². The fourth-order valence-corrected chi connectivity index (χ4v) is 4.18. The molecule has 0 atom stereocenters. The van der Waals surface area contributed by atoms with E-state index in [1.807, 2.05) is 4.90 Å². The van der Waals surface area contributed by atoms with Crippen molar-refractivity contribution in [1.82, 2.24) is 0 Å². The van der Waals surface area contributed by atoms with Gasteiger partial charge < -0.3 is 9.80 Å². The average molecular weight is 432 g/mol. The Morgan fingerprint density at radius 2 is 1.73 bits per heavy atom. The molecule has 1 heterocycles. The quantitative estimate of drug-likeness (QED) is 0.530. The van der Waals surface area contributed by atoms with Crippen molar-refractivity contribution in [3.05, 3.63) is 58.1 Å². The first-order valence-corrected chi connectivity index (χ1v) is 11.6.